The number of rotatable bonds is 11. The number of anilines is 1. The molecular weight excluding hydrogens is 434 g/mol. The van der Waals surface area contributed by atoms with E-state index >= 15 is 0 Å². The minimum absolute atomic E-state index is 0.165. The highest BCUT2D eigenvalue weighted by Crippen LogP contribution is 2.34. The van der Waals surface area contributed by atoms with E-state index in [1.54, 1.807) is 23.5 Å². The van der Waals surface area contributed by atoms with Crippen molar-refractivity contribution in [1.82, 2.24) is 10.3 Å². The number of pyridine rings is 1. The molecule has 2 aromatic rings. The average molecular weight is 474 g/mol. The fourth-order valence-electron chi connectivity index (χ4n) is 4.41. The summed E-state index contributed by atoms with van der Waals surface area (Å²) < 4.78 is 0. The summed E-state index contributed by atoms with van der Waals surface area (Å²) in [6.07, 6.45) is 10.0. The van der Waals surface area contributed by atoms with Crippen LogP contribution in [0.15, 0.2) is 28.1 Å². The monoisotopic (exact) mass is 473 g/mol. The van der Waals surface area contributed by atoms with Gasteiger partial charge in [-0.15, -0.1) is 23.5 Å². The number of aryl methyl sites for hydroxylation is 4. The topological polar surface area (TPSA) is 54.0 Å². The van der Waals surface area contributed by atoms with Crippen LogP contribution in [0.5, 0.6) is 0 Å². The van der Waals surface area contributed by atoms with E-state index in [2.05, 4.69) is 55.4 Å². The van der Waals surface area contributed by atoms with Crippen molar-refractivity contribution in [2.24, 2.45) is 0 Å². The van der Waals surface area contributed by atoms with Gasteiger partial charge in [-0.3, -0.25) is 0 Å². The Bertz CT molecular complexity index is 866. The standard InChI is InChI=1S/C26H39N3OS2/c1-8-9-10-11-12-21(23-18(3)13-17(2)14-19(23)4)16-27-26(30)29-24-22(31-6)15-20(5)28-25(24)32-7/h13-15,21H,8-12,16H2,1-7H3,(H2,27,29,30). The first-order valence-corrected chi connectivity index (χ1v) is 14.0. The van der Waals surface area contributed by atoms with Gasteiger partial charge in [0.15, 0.2) is 0 Å². The molecule has 1 aromatic heterocycles. The molecule has 0 aliphatic heterocycles. The summed E-state index contributed by atoms with van der Waals surface area (Å²) >= 11 is 3.18. The van der Waals surface area contributed by atoms with Gasteiger partial charge in [0.25, 0.3) is 0 Å². The third-order valence-electron chi connectivity index (χ3n) is 5.79. The molecule has 0 spiro atoms. The zero-order valence-corrected chi connectivity index (χ0v) is 22.4. The number of thioether (sulfide) groups is 2. The Hall–Kier alpha value is -1.66. The summed E-state index contributed by atoms with van der Waals surface area (Å²) in [6, 6.07) is 6.38. The van der Waals surface area contributed by atoms with E-state index in [0.717, 1.165) is 27.7 Å². The Kier molecular flexibility index (Phi) is 10.9. The summed E-state index contributed by atoms with van der Waals surface area (Å²) in [7, 11) is 0. The lowest BCUT2D eigenvalue weighted by atomic mass is 9.86. The number of urea groups is 1. The molecule has 2 rings (SSSR count). The third-order valence-corrected chi connectivity index (χ3v) is 7.24. The Morgan fingerprint density at radius 1 is 1.00 bits per heavy atom. The molecule has 1 aromatic carbocycles. The van der Waals surface area contributed by atoms with Gasteiger partial charge in [-0.1, -0.05) is 50.3 Å². The lowest BCUT2D eigenvalue weighted by Crippen LogP contribution is -2.33. The van der Waals surface area contributed by atoms with Crippen LogP contribution in [0, 0.1) is 27.7 Å². The van der Waals surface area contributed by atoms with Crippen LogP contribution in [0.25, 0.3) is 0 Å². The van der Waals surface area contributed by atoms with Crippen LogP contribution >= 0.6 is 23.5 Å². The summed E-state index contributed by atoms with van der Waals surface area (Å²) in [4.78, 5) is 18.5. The molecule has 1 unspecified atom stereocenters. The summed E-state index contributed by atoms with van der Waals surface area (Å²) in [5, 5.41) is 7.09. The fraction of sp³-hybridized carbons (Fsp3) is 0.538. The summed E-state index contributed by atoms with van der Waals surface area (Å²) in [5.74, 6) is 0.314. The van der Waals surface area contributed by atoms with Gasteiger partial charge in [0.1, 0.15) is 5.03 Å². The Morgan fingerprint density at radius 3 is 2.28 bits per heavy atom. The van der Waals surface area contributed by atoms with E-state index in [-0.39, 0.29) is 6.03 Å². The van der Waals surface area contributed by atoms with Crippen molar-refractivity contribution in [2.75, 3.05) is 24.4 Å². The molecule has 176 valence electrons. The zero-order chi connectivity index (χ0) is 23.7. The van der Waals surface area contributed by atoms with Crippen molar-refractivity contribution in [3.63, 3.8) is 0 Å². The maximum absolute atomic E-state index is 12.9. The van der Waals surface area contributed by atoms with Crippen molar-refractivity contribution in [1.29, 1.82) is 0 Å². The number of unbranched alkanes of at least 4 members (excludes halogenated alkanes) is 3. The molecule has 6 heteroatoms. The molecule has 32 heavy (non-hydrogen) atoms. The summed E-state index contributed by atoms with van der Waals surface area (Å²) in [5.41, 5.74) is 7.08. The van der Waals surface area contributed by atoms with Crippen LogP contribution in [0.2, 0.25) is 0 Å². The third kappa shape index (κ3) is 7.45. The van der Waals surface area contributed by atoms with Crippen LogP contribution < -0.4 is 10.6 Å². The first kappa shape index (κ1) is 26.6. The Morgan fingerprint density at radius 2 is 1.69 bits per heavy atom. The van der Waals surface area contributed by atoms with Gasteiger partial charge in [0, 0.05) is 23.1 Å². The van der Waals surface area contributed by atoms with Gasteiger partial charge < -0.3 is 10.6 Å². The van der Waals surface area contributed by atoms with Crippen molar-refractivity contribution < 1.29 is 4.79 Å². The normalized spacial score (nSPS) is 12.0. The highest BCUT2D eigenvalue weighted by molar-refractivity contribution is 7.99. The number of nitrogens with zero attached hydrogens (tertiary/aromatic N) is 1. The Balaban J connectivity index is 2.17. The van der Waals surface area contributed by atoms with Crippen molar-refractivity contribution in [3.05, 3.63) is 46.1 Å². The SMILES string of the molecule is CCCCCCC(CNC(=O)Nc1c(SC)cc(C)nc1SC)c1c(C)cc(C)cc1C. The predicted molar refractivity (Wildman–Crippen MR) is 142 cm³/mol. The largest absolute Gasteiger partial charge is 0.337 e. The first-order valence-electron chi connectivity index (χ1n) is 11.5. The van der Waals surface area contributed by atoms with Crippen LogP contribution in [0.1, 0.15) is 72.9 Å². The van der Waals surface area contributed by atoms with Gasteiger partial charge in [-0.2, -0.15) is 0 Å². The van der Waals surface area contributed by atoms with E-state index in [0.29, 0.717) is 12.5 Å². The van der Waals surface area contributed by atoms with E-state index < -0.39 is 0 Å². The maximum Gasteiger partial charge on any atom is 0.319 e. The molecule has 0 saturated carbocycles. The average Bonchev–Trinajstić information content (AvgIpc) is 2.74. The molecule has 1 heterocycles. The van der Waals surface area contributed by atoms with Crippen molar-refractivity contribution in [2.45, 2.75) is 82.6 Å². The maximum atomic E-state index is 12.9. The van der Waals surface area contributed by atoms with E-state index in [1.165, 1.54) is 47.9 Å². The highest BCUT2D eigenvalue weighted by atomic mass is 32.2. The number of benzene rings is 1. The molecule has 2 N–H and O–H groups in total. The highest BCUT2D eigenvalue weighted by Gasteiger charge is 2.19. The van der Waals surface area contributed by atoms with Crippen LogP contribution in [-0.4, -0.2) is 30.1 Å². The number of nitrogens with one attached hydrogen (secondary N) is 2. The molecule has 0 bridgehead atoms. The van der Waals surface area contributed by atoms with E-state index in [4.69, 9.17) is 0 Å². The molecular formula is C26H39N3OS2. The fourth-order valence-corrected chi connectivity index (χ4v) is 5.72. The molecule has 0 aliphatic carbocycles. The lowest BCUT2D eigenvalue weighted by molar-refractivity contribution is 0.251. The number of hydrogen-bond donors (Lipinski definition) is 2. The molecule has 0 saturated heterocycles. The van der Waals surface area contributed by atoms with Crippen LogP contribution in [0.4, 0.5) is 10.5 Å². The number of hydrogen-bond acceptors (Lipinski definition) is 4. The number of carbonyl (C=O) groups is 1. The van der Waals surface area contributed by atoms with Crippen molar-refractivity contribution >= 4 is 35.2 Å². The lowest BCUT2D eigenvalue weighted by Gasteiger charge is -2.23. The van der Waals surface area contributed by atoms with E-state index in [1.807, 2.05) is 25.5 Å². The van der Waals surface area contributed by atoms with E-state index in [9.17, 15) is 4.79 Å². The number of amides is 2. The smallest absolute Gasteiger partial charge is 0.319 e. The van der Waals surface area contributed by atoms with Gasteiger partial charge in [-0.05, 0) is 69.4 Å². The second kappa shape index (κ2) is 13.1. The molecule has 4 nitrogen and oxygen atoms in total. The second-order valence-electron chi connectivity index (χ2n) is 8.54. The van der Waals surface area contributed by atoms with Gasteiger partial charge >= 0.3 is 6.03 Å². The molecule has 1 atom stereocenters. The van der Waals surface area contributed by atoms with Gasteiger partial charge in [0.2, 0.25) is 0 Å². The van der Waals surface area contributed by atoms with Crippen LogP contribution in [-0.2, 0) is 0 Å². The van der Waals surface area contributed by atoms with Gasteiger partial charge in [0.05, 0.1) is 5.69 Å². The molecule has 0 fully saturated rings. The summed E-state index contributed by atoms with van der Waals surface area (Å²) in [6.45, 7) is 11.4. The van der Waals surface area contributed by atoms with Crippen molar-refractivity contribution in [3.8, 4) is 0 Å². The minimum Gasteiger partial charge on any atom is -0.337 e. The molecule has 0 aliphatic rings. The minimum atomic E-state index is -0.165. The second-order valence-corrected chi connectivity index (χ2v) is 10.2. The quantitative estimate of drug-likeness (QED) is 0.260. The Labute approximate surface area is 203 Å². The zero-order valence-electron chi connectivity index (χ0n) is 20.7. The first-order chi connectivity index (χ1) is 15.3. The number of aromatic nitrogens is 1. The van der Waals surface area contributed by atoms with Gasteiger partial charge in [-0.25, -0.2) is 9.78 Å². The number of carbonyl (C=O) groups excluding carboxylic acids is 1. The predicted octanol–water partition coefficient (Wildman–Crippen LogP) is 7.63. The molecule has 2 amide bonds. The van der Waals surface area contributed by atoms with Crippen LogP contribution in [0.3, 0.4) is 0 Å². The molecule has 0 radical (unpaired) electrons.